The highest BCUT2D eigenvalue weighted by Gasteiger charge is 2.42. The van der Waals surface area contributed by atoms with Crippen molar-refractivity contribution in [2.45, 2.75) is 31.2 Å². The number of aliphatic imine (C=N–C) groups is 1. The Labute approximate surface area is 148 Å². The van der Waals surface area contributed by atoms with Crippen LogP contribution in [0.5, 0.6) is 5.75 Å². The van der Waals surface area contributed by atoms with Crippen LogP contribution >= 0.6 is 0 Å². The highest BCUT2D eigenvalue weighted by molar-refractivity contribution is 5.88. The SMILES string of the molecule is C1=NC(CC2CCC2)(c2cccc3ccccc23)c2ccccc2O1. The Morgan fingerprint density at radius 3 is 2.52 bits per heavy atom. The monoisotopic (exact) mass is 327 g/mol. The molecule has 0 amide bonds. The molecule has 2 heteroatoms. The molecule has 1 fully saturated rings. The number of fused-ring (bicyclic) bond motifs is 2. The summed E-state index contributed by atoms with van der Waals surface area (Å²) in [6.45, 7) is 0. The Kier molecular flexibility index (Phi) is 3.37. The predicted octanol–water partition coefficient (Wildman–Crippen LogP) is 5.69. The van der Waals surface area contributed by atoms with Crippen LogP contribution in [0.25, 0.3) is 10.8 Å². The number of hydrogen-bond acceptors (Lipinski definition) is 2. The summed E-state index contributed by atoms with van der Waals surface area (Å²) in [6.07, 6.45) is 6.68. The molecule has 0 N–H and O–H groups in total. The largest absolute Gasteiger partial charge is 0.446 e. The van der Waals surface area contributed by atoms with Gasteiger partial charge in [-0.2, -0.15) is 0 Å². The van der Waals surface area contributed by atoms with Crippen molar-refractivity contribution < 1.29 is 4.74 Å². The van der Waals surface area contributed by atoms with Crippen LogP contribution in [0.3, 0.4) is 0 Å². The second kappa shape index (κ2) is 5.73. The van der Waals surface area contributed by atoms with Gasteiger partial charge in [-0.1, -0.05) is 79.9 Å². The zero-order valence-corrected chi connectivity index (χ0v) is 14.2. The Morgan fingerprint density at radius 1 is 0.880 bits per heavy atom. The maximum atomic E-state index is 5.75. The van der Waals surface area contributed by atoms with Gasteiger partial charge < -0.3 is 4.74 Å². The summed E-state index contributed by atoms with van der Waals surface area (Å²) >= 11 is 0. The van der Waals surface area contributed by atoms with Crippen molar-refractivity contribution in [3.63, 3.8) is 0 Å². The number of para-hydroxylation sites is 1. The summed E-state index contributed by atoms with van der Waals surface area (Å²) in [7, 11) is 0. The number of benzene rings is 3. The normalized spacial score (nSPS) is 22.2. The van der Waals surface area contributed by atoms with Crippen molar-refractivity contribution >= 4 is 17.2 Å². The summed E-state index contributed by atoms with van der Waals surface area (Å²) in [6, 6.07) is 23.6. The minimum absolute atomic E-state index is 0.346. The first-order valence-corrected chi connectivity index (χ1v) is 9.15. The zero-order valence-electron chi connectivity index (χ0n) is 14.2. The van der Waals surface area contributed by atoms with Gasteiger partial charge in [0.2, 0.25) is 0 Å². The van der Waals surface area contributed by atoms with E-state index in [1.54, 1.807) is 6.40 Å². The molecule has 0 spiro atoms. The molecule has 2 nitrogen and oxygen atoms in total. The van der Waals surface area contributed by atoms with Crippen LogP contribution in [0.2, 0.25) is 0 Å². The molecule has 3 aromatic carbocycles. The lowest BCUT2D eigenvalue weighted by molar-refractivity contribution is 0.242. The van der Waals surface area contributed by atoms with Crippen LogP contribution in [0.4, 0.5) is 0 Å². The van der Waals surface area contributed by atoms with Crippen LogP contribution in [0.1, 0.15) is 36.8 Å². The summed E-state index contributed by atoms with van der Waals surface area (Å²) in [5.74, 6) is 1.67. The molecule has 2 aliphatic rings. The van der Waals surface area contributed by atoms with Gasteiger partial charge in [0.25, 0.3) is 0 Å². The van der Waals surface area contributed by atoms with Gasteiger partial charge in [0, 0.05) is 5.56 Å². The van der Waals surface area contributed by atoms with E-state index in [0.717, 1.165) is 18.1 Å². The molecule has 1 atom stereocenters. The van der Waals surface area contributed by atoms with Crippen molar-refractivity contribution in [3.8, 4) is 5.75 Å². The Morgan fingerprint density at radius 2 is 1.64 bits per heavy atom. The van der Waals surface area contributed by atoms with E-state index in [1.807, 2.05) is 6.07 Å². The molecule has 0 aromatic heterocycles. The molecule has 1 saturated carbocycles. The maximum Gasteiger partial charge on any atom is 0.177 e. The summed E-state index contributed by atoms with van der Waals surface area (Å²) < 4.78 is 5.75. The lowest BCUT2D eigenvalue weighted by atomic mass is 9.69. The molecule has 0 radical (unpaired) electrons. The van der Waals surface area contributed by atoms with E-state index in [0.29, 0.717) is 0 Å². The molecule has 124 valence electrons. The molecular weight excluding hydrogens is 306 g/mol. The average molecular weight is 327 g/mol. The minimum atomic E-state index is -0.346. The van der Waals surface area contributed by atoms with E-state index in [4.69, 9.17) is 9.73 Å². The predicted molar refractivity (Wildman–Crippen MR) is 102 cm³/mol. The third-order valence-corrected chi connectivity index (χ3v) is 5.83. The molecule has 0 bridgehead atoms. The highest BCUT2D eigenvalue weighted by atomic mass is 16.5. The fourth-order valence-electron chi connectivity index (χ4n) is 4.34. The van der Waals surface area contributed by atoms with E-state index >= 15 is 0 Å². The first kappa shape index (κ1) is 14.7. The molecule has 1 heterocycles. The molecular formula is C23H21NO. The van der Waals surface area contributed by atoms with Gasteiger partial charge in [-0.15, -0.1) is 0 Å². The molecule has 0 saturated heterocycles. The number of ether oxygens (including phenoxy) is 1. The van der Waals surface area contributed by atoms with Crippen LogP contribution in [0, 0.1) is 5.92 Å². The van der Waals surface area contributed by atoms with Crippen LogP contribution < -0.4 is 4.74 Å². The van der Waals surface area contributed by atoms with E-state index in [9.17, 15) is 0 Å². The van der Waals surface area contributed by atoms with E-state index in [-0.39, 0.29) is 5.54 Å². The molecule has 1 unspecified atom stereocenters. The van der Waals surface area contributed by atoms with Gasteiger partial charge in [-0.05, 0) is 34.7 Å². The van der Waals surface area contributed by atoms with Gasteiger partial charge in [0.15, 0.2) is 6.40 Å². The van der Waals surface area contributed by atoms with Gasteiger partial charge in [-0.25, -0.2) is 4.99 Å². The van der Waals surface area contributed by atoms with E-state index < -0.39 is 0 Å². The molecule has 25 heavy (non-hydrogen) atoms. The first-order chi connectivity index (χ1) is 12.4. The van der Waals surface area contributed by atoms with Crippen LogP contribution in [-0.2, 0) is 5.54 Å². The van der Waals surface area contributed by atoms with Crippen molar-refractivity contribution in [3.05, 3.63) is 77.9 Å². The number of nitrogens with zero attached hydrogens (tertiary/aromatic N) is 1. The smallest absolute Gasteiger partial charge is 0.177 e. The van der Waals surface area contributed by atoms with Crippen molar-refractivity contribution in [2.75, 3.05) is 0 Å². The van der Waals surface area contributed by atoms with Crippen LogP contribution in [-0.4, -0.2) is 6.40 Å². The second-order valence-corrected chi connectivity index (χ2v) is 7.24. The third-order valence-electron chi connectivity index (χ3n) is 5.83. The summed E-state index contributed by atoms with van der Waals surface area (Å²) in [4.78, 5) is 5.00. The quantitative estimate of drug-likeness (QED) is 0.605. The lowest BCUT2D eigenvalue weighted by Crippen LogP contribution is -2.34. The lowest BCUT2D eigenvalue weighted by Gasteiger charge is -2.40. The maximum absolute atomic E-state index is 5.75. The fraction of sp³-hybridized carbons (Fsp3) is 0.261. The average Bonchev–Trinajstić information content (AvgIpc) is 2.64. The van der Waals surface area contributed by atoms with Crippen molar-refractivity contribution in [1.29, 1.82) is 0 Å². The molecule has 3 aromatic rings. The van der Waals surface area contributed by atoms with Gasteiger partial charge >= 0.3 is 0 Å². The van der Waals surface area contributed by atoms with Gasteiger partial charge in [0.05, 0.1) is 0 Å². The molecule has 5 rings (SSSR count). The van der Waals surface area contributed by atoms with Crippen molar-refractivity contribution in [1.82, 2.24) is 0 Å². The Hall–Kier alpha value is -2.61. The first-order valence-electron chi connectivity index (χ1n) is 9.15. The summed E-state index contributed by atoms with van der Waals surface area (Å²) in [5.41, 5.74) is 2.14. The Balaban J connectivity index is 1.79. The fourth-order valence-corrected chi connectivity index (χ4v) is 4.34. The third kappa shape index (κ3) is 2.28. The number of rotatable bonds is 3. The standard InChI is InChI=1S/C23H21NO/c1-2-11-19-18(9-1)10-6-13-20(19)23(15-17-7-5-8-17)21-12-3-4-14-22(21)25-16-24-23/h1-4,6,9-14,16-17H,5,7-8,15H2. The van der Waals surface area contributed by atoms with Crippen LogP contribution in [0.15, 0.2) is 71.7 Å². The zero-order chi connectivity index (χ0) is 16.7. The topological polar surface area (TPSA) is 21.6 Å². The number of hydrogen-bond donors (Lipinski definition) is 0. The van der Waals surface area contributed by atoms with E-state index in [1.165, 1.54) is 41.2 Å². The van der Waals surface area contributed by atoms with Gasteiger partial charge in [0.1, 0.15) is 11.3 Å². The van der Waals surface area contributed by atoms with Crippen molar-refractivity contribution in [2.24, 2.45) is 10.9 Å². The van der Waals surface area contributed by atoms with Gasteiger partial charge in [-0.3, -0.25) is 0 Å². The Bertz CT molecular complexity index is 952. The molecule has 1 aliphatic carbocycles. The second-order valence-electron chi connectivity index (χ2n) is 7.24. The molecule has 1 aliphatic heterocycles. The summed E-state index contributed by atoms with van der Waals surface area (Å²) in [5, 5.41) is 2.56. The van der Waals surface area contributed by atoms with E-state index in [2.05, 4.69) is 60.7 Å². The minimum Gasteiger partial charge on any atom is -0.446 e. The highest BCUT2D eigenvalue weighted by Crippen LogP contribution is 2.50.